The van der Waals surface area contributed by atoms with Crippen LogP contribution in [0.25, 0.3) is 11.0 Å². The summed E-state index contributed by atoms with van der Waals surface area (Å²) in [6.07, 6.45) is -3.27. The van der Waals surface area contributed by atoms with Crippen LogP contribution in [-0.2, 0) is 18.6 Å². The lowest BCUT2D eigenvalue weighted by molar-refractivity contribution is -0.141. The summed E-state index contributed by atoms with van der Waals surface area (Å²) in [5.41, 5.74) is -0.104. The minimum absolute atomic E-state index is 0.157. The maximum Gasteiger partial charge on any atom is 0.433 e. The second-order valence-corrected chi connectivity index (χ2v) is 3.73. The number of fused-ring (bicyclic) bond motifs is 1. The molecule has 0 fully saturated rings. The Kier molecular flexibility index (Phi) is 2.99. The van der Waals surface area contributed by atoms with Crippen LogP contribution in [-0.4, -0.2) is 14.5 Å². The highest BCUT2D eigenvalue weighted by Gasteiger charge is 2.33. The first-order valence-corrected chi connectivity index (χ1v) is 5.49. The summed E-state index contributed by atoms with van der Waals surface area (Å²) in [6.45, 7) is 2.46. The van der Waals surface area contributed by atoms with Crippen LogP contribution in [0.4, 0.5) is 13.2 Å². The van der Waals surface area contributed by atoms with E-state index in [-0.39, 0.29) is 11.4 Å². The summed E-state index contributed by atoms with van der Waals surface area (Å²) in [7, 11) is 0. The Hall–Kier alpha value is -1.30. The lowest BCUT2D eigenvalue weighted by Gasteiger charge is -2.05. The van der Waals surface area contributed by atoms with E-state index in [4.69, 9.17) is 11.6 Å². The summed E-state index contributed by atoms with van der Waals surface area (Å²) in [4.78, 5) is 7.47. The molecule has 0 aliphatic rings. The predicted octanol–water partition coefficient (Wildman–Crippen LogP) is 3.21. The van der Waals surface area contributed by atoms with Crippen LogP contribution in [0.5, 0.6) is 0 Å². The highest BCUT2D eigenvalue weighted by molar-refractivity contribution is 6.16. The molecule has 2 heterocycles. The molecule has 0 saturated heterocycles. The van der Waals surface area contributed by atoms with Gasteiger partial charge in [-0.15, -0.1) is 11.6 Å². The molecule has 2 rings (SSSR count). The van der Waals surface area contributed by atoms with E-state index in [0.717, 1.165) is 6.07 Å². The number of halogens is 4. The molecule has 0 radical (unpaired) electrons. The number of imidazole rings is 1. The molecule has 0 unspecified atom stereocenters. The van der Waals surface area contributed by atoms with Crippen molar-refractivity contribution in [1.29, 1.82) is 0 Å². The molecule has 7 heteroatoms. The summed E-state index contributed by atoms with van der Waals surface area (Å²) < 4.78 is 39.1. The fourth-order valence-electron chi connectivity index (χ4n) is 1.68. The number of hydrogen-bond donors (Lipinski definition) is 0. The van der Waals surface area contributed by atoms with Gasteiger partial charge in [0, 0.05) is 6.54 Å². The molecule has 0 spiro atoms. The molecule has 0 atom stereocenters. The van der Waals surface area contributed by atoms with Crippen LogP contribution in [0.1, 0.15) is 18.4 Å². The lowest BCUT2D eigenvalue weighted by atomic mass is 10.3. The van der Waals surface area contributed by atoms with Crippen LogP contribution in [0.3, 0.4) is 0 Å². The van der Waals surface area contributed by atoms with Crippen molar-refractivity contribution in [2.75, 3.05) is 0 Å². The minimum atomic E-state index is -4.45. The van der Waals surface area contributed by atoms with Crippen molar-refractivity contribution >= 4 is 22.6 Å². The van der Waals surface area contributed by atoms with Crippen LogP contribution < -0.4 is 0 Å². The fourth-order valence-corrected chi connectivity index (χ4v) is 1.89. The third-order valence-electron chi connectivity index (χ3n) is 2.44. The maximum absolute atomic E-state index is 12.5. The van der Waals surface area contributed by atoms with Crippen molar-refractivity contribution in [3.05, 3.63) is 23.8 Å². The first kappa shape index (κ1) is 12.2. The van der Waals surface area contributed by atoms with Gasteiger partial charge in [-0.3, -0.25) is 0 Å². The summed E-state index contributed by atoms with van der Waals surface area (Å²) >= 11 is 5.69. The molecule has 3 nitrogen and oxygen atoms in total. The molecule has 2 aromatic heterocycles. The Balaban J connectivity index is 2.64. The second-order valence-electron chi connectivity index (χ2n) is 3.46. The number of nitrogens with zero attached hydrogens (tertiary/aromatic N) is 3. The third kappa shape index (κ3) is 2.09. The molecule has 92 valence electrons. The zero-order valence-electron chi connectivity index (χ0n) is 8.92. The quantitative estimate of drug-likeness (QED) is 0.779. The molecule has 0 N–H and O–H groups in total. The van der Waals surface area contributed by atoms with Crippen molar-refractivity contribution in [3.8, 4) is 0 Å². The topological polar surface area (TPSA) is 30.7 Å². The minimum Gasteiger partial charge on any atom is -0.326 e. The predicted molar refractivity (Wildman–Crippen MR) is 57.8 cm³/mol. The summed E-state index contributed by atoms with van der Waals surface area (Å²) in [5, 5.41) is 0. The van der Waals surface area contributed by atoms with Gasteiger partial charge in [-0.05, 0) is 13.0 Å². The number of aryl methyl sites for hydroxylation is 1. The van der Waals surface area contributed by atoms with Crippen LogP contribution in [0.15, 0.2) is 12.3 Å². The summed E-state index contributed by atoms with van der Waals surface area (Å²) in [6, 6.07) is 0.942. The Bertz CT molecular complexity index is 547. The van der Waals surface area contributed by atoms with Crippen molar-refractivity contribution in [3.63, 3.8) is 0 Å². The van der Waals surface area contributed by atoms with Crippen LogP contribution in [0.2, 0.25) is 0 Å². The van der Waals surface area contributed by atoms with E-state index < -0.39 is 11.9 Å². The van der Waals surface area contributed by atoms with Crippen molar-refractivity contribution in [2.45, 2.75) is 25.5 Å². The van der Waals surface area contributed by atoms with Gasteiger partial charge in [0.15, 0.2) is 0 Å². The lowest BCUT2D eigenvalue weighted by Crippen LogP contribution is -2.07. The van der Waals surface area contributed by atoms with Crippen LogP contribution in [0, 0.1) is 0 Å². The smallest absolute Gasteiger partial charge is 0.326 e. The van der Waals surface area contributed by atoms with Crippen LogP contribution >= 0.6 is 11.6 Å². The van der Waals surface area contributed by atoms with E-state index in [9.17, 15) is 13.2 Å². The number of hydrogen-bond acceptors (Lipinski definition) is 2. The second kappa shape index (κ2) is 4.18. The number of pyridine rings is 1. The van der Waals surface area contributed by atoms with Gasteiger partial charge in [-0.1, -0.05) is 0 Å². The molecular formula is C10H9ClF3N3. The monoisotopic (exact) mass is 263 g/mol. The Labute approximate surface area is 100 Å². The SMILES string of the molecule is CCn1c(CCl)nc2cc(C(F)(F)F)ncc21. The Morgan fingerprint density at radius 2 is 2.12 bits per heavy atom. The average Bonchev–Trinajstić information content (AvgIpc) is 2.64. The van der Waals surface area contributed by atoms with Gasteiger partial charge in [0.25, 0.3) is 0 Å². The van der Waals surface area contributed by atoms with Gasteiger partial charge < -0.3 is 4.57 Å². The number of rotatable bonds is 2. The average molecular weight is 264 g/mol. The molecular weight excluding hydrogens is 255 g/mol. The van der Waals surface area contributed by atoms with Gasteiger partial charge in [0.05, 0.1) is 23.1 Å². The third-order valence-corrected chi connectivity index (χ3v) is 2.68. The molecule has 0 saturated carbocycles. The molecule has 0 aliphatic heterocycles. The first-order valence-electron chi connectivity index (χ1n) is 4.95. The Morgan fingerprint density at radius 3 is 2.65 bits per heavy atom. The van der Waals surface area contributed by atoms with E-state index >= 15 is 0 Å². The standard InChI is InChI=1S/C10H9ClF3N3/c1-2-17-7-5-15-8(10(12,13)14)3-6(7)16-9(17)4-11/h3,5H,2,4H2,1H3. The summed E-state index contributed by atoms with van der Waals surface area (Å²) in [5.74, 6) is 0.703. The Morgan fingerprint density at radius 1 is 1.41 bits per heavy atom. The van der Waals surface area contributed by atoms with Gasteiger partial charge in [-0.25, -0.2) is 9.97 Å². The van der Waals surface area contributed by atoms with Gasteiger partial charge in [0.1, 0.15) is 11.5 Å². The van der Waals surface area contributed by atoms with Crippen molar-refractivity contribution in [1.82, 2.24) is 14.5 Å². The molecule has 0 amide bonds. The van der Waals surface area contributed by atoms with E-state index in [1.165, 1.54) is 6.20 Å². The number of aromatic nitrogens is 3. The normalized spacial score (nSPS) is 12.3. The van der Waals surface area contributed by atoms with Crippen molar-refractivity contribution < 1.29 is 13.2 Å². The van der Waals surface area contributed by atoms with E-state index in [1.807, 2.05) is 6.92 Å². The van der Waals surface area contributed by atoms with Gasteiger partial charge in [-0.2, -0.15) is 13.2 Å². The highest BCUT2D eigenvalue weighted by atomic mass is 35.5. The molecule has 0 aliphatic carbocycles. The molecule has 0 aromatic carbocycles. The van der Waals surface area contributed by atoms with Gasteiger partial charge in [0.2, 0.25) is 0 Å². The number of alkyl halides is 4. The zero-order valence-corrected chi connectivity index (χ0v) is 9.68. The highest BCUT2D eigenvalue weighted by Crippen LogP contribution is 2.29. The zero-order chi connectivity index (χ0) is 12.6. The maximum atomic E-state index is 12.5. The molecule has 17 heavy (non-hydrogen) atoms. The van der Waals surface area contributed by atoms with E-state index in [1.54, 1.807) is 4.57 Å². The first-order chi connectivity index (χ1) is 7.97. The molecule has 0 bridgehead atoms. The molecule has 2 aromatic rings. The van der Waals surface area contributed by atoms with Gasteiger partial charge >= 0.3 is 6.18 Å². The fraction of sp³-hybridized carbons (Fsp3) is 0.400. The van der Waals surface area contributed by atoms with E-state index in [2.05, 4.69) is 9.97 Å². The van der Waals surface area contributed by atoms with E-state index in [0.29, 0.717) is 17.9 Å². The van der Waals surface area contributed by atoms with Crippen molar-refractivity contribution in [2.24, 2.45) is 0 Å². The largest absolute Gasteiger partial charge is 0.433 e.